The number of carbonyl (C=O) groups excluding carboxylic acids is 1. The Morgan fingerprint density at radius 1 is 1.24 bits per heavy atom. The second-order valence-electron chi connectivity index (χ2n) is 7.52. The number of carboxylic acids is 1. The third kappa shape index (κ3) is 4.03. The van der Waals surface area contributed by atoms with Crippen molar-refractivity contribution < 1.29 is 14.7 Å². The first kappa shape index (κ1) is 17.9. The summed E-state index contributed by atoms with van der Waals surface area (Å²) in [6, 6.07) is 6.28. The van der Waals surface area contributed by atoms with Crippen molar-refractivity contribution in [2.45, 2.75) is 45.6 Å². The van der Waals surface area contributed by atoms with Gasteiger partial charge in [0, 0.05) is 19.5 Å². The summed E-state index contributed by atoms with van der Waals surface area (Å²) >= 11 is 0. The SMILES string of the molecule is Cc1ccc(C(CN2CCCCC2)N2CC(C(=O)O)CC2=O)c(C)c1. The number of hydrogen-bond acceptors (Lipinski definition) is 3. The Kier molecular flexibility index (Phi) is 5.42. The molecule has 2 aliphatic rings. The lowest BCUT2D eigenvalue weighted by atomic mass is 9.97. The van der Waals surface area contributed by atoms with Gasteiger partial charge in [-0.25, -0.2) is 0 Å². The Balaban J connectivity index is 1.88. The van der Waals surface area contributed by atoms with E-state index < -0.39 is 11.9 Å². The van der Waals surface area contributed by atoms with Gasteiger partial charge in [-0.15, -0.1) is 0 Å². The molecule has 0 spiro atoms. The first-order valence-electron chi connectivity index (χ1n) is 9.27. The molecule has 5 nitrogen and oxygen atoms in total. The van der Waals surface area contributed by atoms with Crippen LogP contribution in [0.25, 0.3) is 0 Å². The van der Waals surface area contributed by atoms with Crippen LogP contribution in [0.2, 0.25) is 0 Å². The standard InChI is InChI=1S/C20H28N2O3/c1-14-6-7-17(15(2)10-14)18(13-21-8-4-3-5-9-21)22-12-16(20(24)25)11-19(22)23/h6-7,10,16,18H,3-5,8-9,11-13H2,1-2H3,(H,24,25). The van der Waals surface area contributed by atoms with Crippen molar-refractivity contribution in [3.63, 3.8) is 0 Å². The van der Waals surface area contributed by atoms with Crippen molar-refractivity contribution >= 4 is 11.9 Å². The molecule has 0 radical (unpaired) electrons. The summed E-state index contributed by atoms with van der Waals surface area (Å²) in [5.41, 5.74) is 3.53. The van der Waals surface area contributed by atoms with E-state index in [0.29, 0.717) is 6.54 Å². The van der Waals surface area contributed by atoms with Crippen LogP contribution in [-0.2, 0) is 9.59 Å². The molecular weight excluding hydrogens is 316 g/mol. The summed E-state index contributed by atoms with van der Waals surface area (Å²) < 4.78 is 0. The van der Waals surface area contributed by atoms with Crippen LogP contribution < -0.4 is 0 Å². The largest absolute Gasteiger partial charge is 0.481 e. The average molecular weight is 344 g/mol. The molecule has 5 heteroatoms. The number of hydrogen-bond donors (Lipinski definition) is 1. The third-order valence-corrected chi connectivity index (χ3v) is 5.55. The molecule has 1 N–H and O–H groups in total. The van der Waals surface area contributed by atoms with E-state index in [0.717, 1.165) is 25.2 Å². The van der Waals surface area contributed by atoms with Crippen molar-refractivity contribution in [3.8, 4) is 0 Å². The van der Waals surface area contributed by atoms with Crippen LogP contribution in [0.3, 0.4) is 0 Å². The number of carbonyl (C=O) groups is 2. The molecule has 2 fully saturated rings. The molecule has 2 unspecified atom stereocenters. The summed E-state index contributed by atoms with van der Waals surface area (Å²) in [5, 5.41) is 9.32. The third-order valence-electron chi connectivity index (χ3n) is 5.55. The van der Waals surface area contributed by atoms with E-state index >= 15 is 0 Å². The second kappa shape index (κ2) is 7.56. The minimum Gasteiger partial charge on any atom is -0.481 e. The molecule has 0 aliphatic carbocycles. The van der Waals surface area contributed by atoms with Gasteiger partial charge in [0.25, 0.3) is 0 Å². The van der Waals surface area contributed by atoms with Crippen molar-refractivity contribution in [1.82, 2.24) is 9.80 Å². The topological polar surface area (TPSA) is 60.9 Å². The smallest absolute Gasteiger partial charge is 0.308 e. The molecule has 2 atom stereocenters. The van der Waals surface area contributed by atoms with E-state index in [4.69, 9.17) is 0 Å². The minimum atomic E-state index is -0.867. The van der Waals surface area contributed by atoms with Gasteiger partial charge in [0.2, 0.25) is 5.91 Å². The van der Waals surface area contributed by atoms with Gasteiger partial charge in [-0.05, 0) is 50.9 Å². The Labute approximate surface area is 149 Å². The van der Waals surface area contributed by atoms with E-state index in [-0.39, 0.29) is 18.4 Å². The lowest BCUT2D eigenvalue weighted by molar-refractivity contribution is -0.141. The maximum Gasteiger partial charge on any atom is 0.308 e. The molecule has 1 aromatic rings. The van der Waals surface area contributed by atoms with Crippen LogP contribution in [0, 0.1) is 19.8 Å². The number of rotatable bonds is 5. The van der Waals surface area contributed by atoms with Crippen molar-refractivity contribution in [3.05, 3.63) is 34.9 Å². The fourth-order valence-electron chi connectivity index (χ4n) is 4.15. The lowest BCUT2D eigenvalue weighted by Crippen LogP contribution is -2.41. The highest BCUT2D eigenvalue weighted by molar-refractivity contribution is 5.86. The zero-order valence-electron chi connectivity index (χ0n) is 15.2. The van der Waals surface area contributed by atoms with E-state index in [1.54, 1.807) is 0 Å². The summed E-state index contributed by atoms with van der Waals surface area (Å²) in [7, 11) is 0. The number of amides is 1. The molecular formula is C20H28N2O3. The molecule has 0 aromatic heterocycles. The summed E-state index contributed by atoms with van der Waals surface area (Å²) in [6.45, 7) is 7.39. The number of piperidine rings is 1. The average Bonchev–Trinajstić information content (AvgIpc) is 2.96. The maximum atomic E-state index is 12.6. The first-order valence-corrected chi connectivity index (χ1v) is 9.27. The van der Waals surface area contributed by atoms with Crippen molar-refractivity contribution in [2.24, 2.45) is 5.92 Å². The number of nitrogens with zero attached hydrogens (tertiary/aromatic N) is 2. The molecule has 1 amide bonds. The quantitative estimate of drug-likeness (QED) is 0.892. The predicted octanol–water partition coefficient (Wildman–Crippen LogP) is 2.76. The Hall–Kier alpha value is -1.88. The second-order valence-corrected chi connectivity index (χ2v) is 7.52. The Morgan fingerprint density at radius 2 is 1.96 bits per heavy atom. The molecule has 136 valence electrons. The van der Waals surface area contributed by atoms with Crippen LogP contribution in [0.4, 0.5) is 0 Å². The molecule has 2 heterocycles. The Bertz CT molecular complexity index is 652. The highest BCUT2D eigenvalue weighted by Crippen LogP contribution is 2.32. The van der Waals surface area contributed by atoms with Gasteiger partial charge in [0.05, 0.1) is 12.0 Å². The van der Waals surface area contributed by atoms with Gasteiger partial charge >= 0.3 is 5.97 Å². The molecule has 3 rings (SSSR count). The van der Waals surface area contributed by atoms with Gasteiger partial charge in [0.15, 0.2) is 0 Å². The van der Waals surface area contributed by atoms with Crippen LogP contribution in [0.5, 0.6) is 0 Å². The van der Waals surface area contributed by atoms with Gasteiger partial charge in [-0.1, -0.05) is 30.2 Å². The number of carboxylic acid groups (broad SMARTS) is 1. The van der Waals surface area contributed by atoms with E-state index in [1.165, 1.54) is 30.4 Å². The normalized spacial score (nSPS) is 23.0. The van der Waals surface area contributed by atoms with Crippen LogP contribution in [0.1, 0.15) is 48.4 Å². The number of aliphatic carboxylic acids is 1. The van der Waals surface area contributed by atoms with Crippen molar-refractivity contribution in [1.29, 1.82) is 0 Å². The summed E-state index contributed by atoms with van der Waals surface area (Å²) in [5.74, 6) is -1.48. The molecule has 25 heavy (non-hydrogen) atoms. The fraction of sp³-hybridized carbons (Fsp3) is 0.600. The van der Waals surface area contributed by atoms with Crippen molar-refractivity contribution in [2.75, 3.05) is 26.2 Å². The minimum absolute atomic E-state index is 0.0330. The Morgan fingerprint density at radius 3 is 2.56 bits per heavy atom. The van der Waals surface area contributed by atoms with E-state index in [2.05, 4.69) is 36.9 Å². The first-order chi connectivity index (χ1) is 12.0. The molecule has 0 saturated carbocycles. The molecule has 2 saturated heterocycles. The zero-order chi connectivity index (χ0) is 18.0. The summed E-state index contributed by atoms with van der Waals surface area (Å²) in [6.07, 6.45) is 3.79. The van der Waals surface area contributed by atoms with Gasteiger partial charge in [-0.2, -0.15) is 0 Å². The monoisotopic (exact) mass is 344 g/mol. The van der Waals surface area contributed by atoms with Gasteiger partial charge in [0.1, 0.15) is 0 Å². The molecule has 0 bridgehead atoms. The highest BCUT2D eigenvalue weighted by Gasteiger charge is 2.39. The summed E-state index contributed by atoms with van der Waals surface area (Å²) in [4.78, 5) is 28.2. The lowest BCUT2D eigenvalue weighted by Gasteiger charge is -2.36. The number of benzene rings is 1. The van der Waals surface area contributed by atoms with Crippen LogP contribution in [0.15, 0.2) is 18.2 Å². The van der Waals surface area contributed by atoms with Gasteiger partial charge in [-0.3, -0.25) is 9.59 Å². The number of aryl methyl sites for hydroxylation is 2. The van der Waals surface area contributed by atoms with Crippen LogP contribution >= 0.6 is 0 Å². The van der Waals surface area contributed by atoms with Gasteiger partial charge < -0.3 is 14.9 Å². The van der Waals surface area contributed by atoms with Crippen LogP contribution in [-0.4, -0.2) is 53.0 Å². The maximum absolute atomic E-state index is 12.6. The zero-order valence-corrected chi connectivity index (χ0v) is 15.2. The molecule has 1 aromatic carbocycles. The fourth-order valence-corrected chi connectivity index (χ4v) is 4.15. The highest BCUT2D eigenvalue weighted by atomic mass is 16.4. The predicted molar refractivity (Wildman–Crippen MR) is 96.4 cm³/mol. The molecule has 2 aliphatic heterocycles. The van der Waals surface area contributed by atoms with E-state index in [9.17, 15) is 14.7 Å². The van der Waals surface area contributed by atoms with E-state index in [1.807, 2.05) is 4.90 Å². The number of likely N-dealkylation sites (tertiary alicyclic amines) is 2.